The lowest BCUT2D eigenvalue weighted by Gasteiger charge is -2.07. The monoisotopic (exact) mass is 378 g/mol. The van der Waals surface area contributed by atoms with Crippen molar-refractivity contribution in [1.82, 2.24) is 14.8 Å². The summed E-state index contributed by atoms with van der Waals surface area (Å²) in [5.74, 6) is -1.78. The molecule has 0 saturated heterocycles. The molecule has 134 valence electrons. The van der Waals surface area contributed by atoms with Gasteiger partial charge < -0.3 is 9.88 Å². The van der Waals surface area contributed by atoms with Gasteiger partial charge in [-0.1, -0.05) is 11.8 Å². The van der Waals surface area contributed by atoms with E-state index in [1.165, 1.54) is 12.1 Å². The van der Waals surface area contributed by atoms with Crippen LogP contribution in [0.15, 0.2) is 47.6 Å². The van der Waals surface area contributed by atoms with Crippen LogP contribution in [0.4, 0.5) is 18.9 Å². The Morgan fingerprint density at radius 2 is 1.77 bits per heavy atom. The van der Waals surface area contributed by atoms with Gasteiger partial charge in [0.05, 0.1) is 11.4 Å². The van der Waals surface area contributed by atoms with E-state index < -0.39 is 17.5 Å². The highest BCUT2D eigenvalue weighted by Crippen LogP contribution is 2.23. The van der Waals surface area contributed by atoms with Crippen molar-refractivity contribution >= 4 is 23.4 Å². The molecule has 0 fully saturated rings. The summed E-state index contributed by atoms with van der Waals surface area (Å²) in [5.41, 5.74) is 0.458. The molecule has 3 rings (SSSR count). The molecule has 3 aromatic rings. The molecule has 0 saturated carbocycles. The Labute approximate surface area is 151 Å². The minimum atomic E-state index is -0.720. The van der Waals surface area contributed by atoms with Gasteiger partial charge in [-0.05, 0) is 36.4 Å². The van der Waals surface area contributed by atoms with E-state index in [9.17, 15) is 18.0 Å². The summed E-state index contributed by atoms with van der Waals surface area (Å²) in [6.07, 6.45) is 0. The van der Waals surface area contributed by atoms with Crippen LogP contribution in [0.2, 0.25) is 0 Å². The fourth-order valence-electron chi connectivity index (χ4n) is 2.20. The van der Waals surface area contributed by atoms with E-state index in [0.29, 0.717) is 16.5 Å². The number of carbonyl (C=O) groups excluding carboxylic acids is 1. The van der Waals surface area contributed by atoms with E-state index in [-0.39, 0.29) is 17.3 Å². The maximum Gasteiger partial charge on any atom is 0.234 e. The topological polar surface area (TPSA) is 59.8 Å². The average Bonchev–Trinajstić information content (AvgIpc) is 2.98. The summed E-state index contributed by atoms with van der Waals surface area (Å²) < 4.78 is 41.3. The number of rotatable bonds is 5. The van der Waals surface area contributed by atoms with Crippen molar-refractivity contribution in [3.05, 3.63) is 59.9 Å². The third kappa shape index (κ3) is 4.05. The summed E-state index contributed by atoms with van der Waals surface area (Å²) in [6, 6.07) is 8.61. The summed E-state index contributed by atoms with van der Waals surface area (Å²) >= 11 is 1.09. The maximum absolute atomic E-state index is 13.5. The first-order valence-electron chi connectivity index (χ1n) is 7.47. The predicted octanol–water partition coefficient (Wildman–Crippen LogP) is 3.63. The van der Waals surface area contributed by atoms with Crippen molar-refractivity contribution in [2.75, 3.05) is 11.1 Å². The fraction of sp³-hybridized carbons (Fsp3) is 0.118. The number of aromatic nitrogens is 3. The Morgan fingerprint density at radius 1 is 1.08 bits per heavy atom. The second kappa shape index (κ2) is 7.61. The number of halogens is 3. The number of hydrogen-bond acceptors (Lipinski definition) is 4. The van der Waals surface area contributed by atoms with Gasteiger partial charge in [0.25, 0.3) is 0 Å². The van der Waals surface area contributed by atoms with Crippen LogP contribution < -0.4 is 5.32 Å². The number of hydrogen-bond donors (Lipinski definition) is 1. The first-order valence-corrected chi connectivity index (χ1v) is 8.45. The van der Waals surface area contributed by atoms with Gasteiger partial charge in [0.2, 0.25) is 5.91 Å². The van der Waals surface area contributed by atoms with E-state index in [4.69, 9.17) is 0 Å². The number of nitrogens with zero attached hydrogens (tertiary/aromatic N) is 3. The van der Waals surface area contributed by atoms with E-state index in [2.05, 4.69) is 15.5 Å². The molecule has 9 heteroatoms. The Hall–Kier alpha value is -2.81. The number of carbonyl (C=O) groups is 1. The van der Waals surface area contributed by atoms with Gasteiger partial charge >= 0.3 is 0 Å². The number of nitrogens with one attached hydrogen (secondary N) is 1. The molecular formula is C17H13F3N4OS. The van der Waals surface area contributed by atoms with Crippen LogP contribution >= 0.6 is 11.8 Å². The molecule has 1 heterocycles. The molecule has 26 heavy (non-hydrogen) atoms. The summed E-state index contributed by atoms with van der Waals surface area (Å²) in [4.78, 5) is 12.0. The second-order valence-corrected chi connectivity index (χ2v) is 6.28. The maximum atomic E-state index is 13.5. The van der Waals surface area contributed by atoms with Crippen LogP contribution in [0.1, 0.15) is 0 Å². The minimum Gasteiger partial charge on any atom is -0.323 e. The van der Waals surface area contributed by atoms with Crippen LogP contribution in [-0.4, -0.2) is 26.4 Å². The summed E-state index contributed by atoms with van der Waals surface area (Å²) in [5, 5.41) is 10.8. The third-order valence-electron chi connectivity index (χ3n) is 3.47. The molecule has 2 aromatic carbocycles. The smallest absolute Gasteiger partial charge is 0.234 e. The number of thioether (sulfide) groups is 1. The van der Waals surface area contributed by atoms with Crippen LogP contribution in [0.5, 0.6) is 0 Å². The number of benzene rings is 2. The number of amides is 1. The predicted molar refractivity (Wildman–Crippen MR) is 92.1 cm³/mol. The van der Waals surface area contributed by atoms with Crippen molar-refractivity contribution in [1.29, 1.82) is 0 Å². The standard InChI is InChI=1S/C17H13F3N4OS/c1-24-16(10-2-4-11(18)5-3-10)22-23-17(24)26-9-15(25)21-14-8-12(19)6-7-13(14)20/h2-8H,9H2,1H3,(H,21,25). The van der Waals surface area contributed by atoms with Crippen molar-refractivity contribution in [2.45, 2.75) is 5.16 Å². The van der Waals surface area contributed by atoms with Crippen molar-refractivity contribution in [3.8, 4) is 11.4 Å². The first kappa shape index (κ1) is 18.0. The quantitative estimate of drug-likeness (QED) is 0.689. The molecule has 0 radical (unpaired) electrons. The Morgan fingerprint density at radius 3 is 2.50 bits per heavy atom. The third-order valence-corrected chi connectivity index (χ3v) is 4.49. The molecule has 1 aromatic heterocycles. The van der Waals surface area contributed by atoms with Gasteiger partial charge in [-0.2, -0.15) is 0 Å². The Balaban J connectivity index is 1.65. The molecule has 0 spiro atoms. The Kier molecular flexibility index (Phi) is 5.27. The first-order chi connectivity index (χ1) is 12.4. The van der Waals surface area contributed by atoms with Gasteiger partial charge in [0.15, 0.2) is 11.0 Å². The molecule has 1 N–H and O–H groups in total. The fourth-order valence-corrected chi connectivity index (χ4v) is 2.91. The zero-order valence-corrected chi connectivity index (χ0v) is 14.4. The van der Waals surface area contributed by atoms with E-state index in [0.717, 1.165) is 30.0 Å². The van der Waals surface area contributed by atoms with E-state index in [1.54, 1.807) is 23.7 Å². The SMILES string of the molecule is Cn1c(SCC(=O)Nc2cc(F)ccc2F)nnc1-c1ccc(F)cc1. The molecule has 1 amide bonds. The van der Waals surface area contributed by atoms with Crippen LogP contribution in [0.25, 0.3) is 11.4 Å². The molecule has 0 atom stereocenters. The van der Waals surface area contributed by atoms with Crippen LogP contribution in [0, 0.1) is 17.5 Å². The number of anilines is 1. The zero-order valence-electron chi connectivity index (χ0n) is 13.5. The summed E-state index contributed by atoms with van der Waals surface area (Å²) in [6.45, 7) is 0. The second-order valence-electron chi connectivity index (χ2n) is 5.33. The van der Waals surface area contributed by atoms with Gasteiger partial charge in [0, 0.05) is 18.7 Å². The van der Waals surface area contributed by atoms with Gasteiger partial charge in [0.1, 0.15) is 17.5 Å². The lowest BCUT2D eigenvalue weighted by atomic mass is 10.2. The molecule has 0 aliphatic heterocycles. The normalized spacial score (nSPS) is 10.8. The molecule has 0 aliphatic carbocycles. The van der Waals surface area contributed by atoms with Gasteiger partial charge in [-0.25, -0.2) is 13.2 Å². The van der Waals surface area contributed by atoms with Crippen molar-refractivity contribution in [2.24, 2.45) is 7.05 Å². The van der Waals surface area contributed by atoms with Crippen molar-refractivity contribution in [3.63, 3.8) is 0 Å². The highest BCUT2D eigenvalue weighted by Gasteiger charge is 2.14. The summed E-state index contributed by atoms with van der Waals surface area (Å²) in [7, 11) is 1.71. The van der Waals surface area contributed by atoms with Crippen LogP contribution in [-0.2, 0) is 11.8 Å². The minimum absolute atomic E-state index is 0.0641. The lowest BCUT2D eigenvalue weighted by Crippen LogP contribution is -2.15. The highest BCUT2D eigenvalue weighted by atomic mass is 32.2. The largest absolute Gasteiger partial charge is 0.323 e. The van der Waals surface area contributed by atoms with Crippen LogP contribution in [0.3, 0.4) is 0 Å². The lowest BCUT2D eigenvalue weighted by molar-refractivity contribution is -0.113. The molecule has 0 bridgehead atoms. The zero-order chi connectivity index (χ0) is 18.7. The highest BCUT2D eigenvalue weighted by molar-refractivity contribution is 7.99. The van der Waals surface area contributed by atoms with E-state index in [1.807, 2.05) is 0 Å². The average molecular weight is 378 g/mol. The van der Waals surface area contributed by atoms with Crippen molar-refractivity contribution < 1.29 is 18.0 Å². The van der Waals surface area contributed by atoms with E-state index >= 15 is 0 Å². The molecular weight excluding hydrogens is 365 g/mol. The molecule has 0 aliphatic rings. The Bertz CT molecular complexity index is 944. The van der Waals surface area contributed by atoms with Gasteiger partial charge in [-0.15, -0.1) is 10.2 Å². The molecule has 5 nitrogen and oxygen atoms in total. The molecule has 0 unspecified atom stereocenters. The van der Waals surface area contributed by atoms with Gasteiger partial charge in [-0.3, -0.25) is 4.79 Å².